The average Bonchev–Trinajstić information content (AvgIpc) is 2.71. The number of amides is 1. The first-order chi connectivity index (χ1) is 14.0. The molecule has 9 heteroatoms. The number of benzene rings is 1. The Kier molecular flexibility index (Phi) is 7.18. The predicted molar refractivity (Wildman–Crippen MR) is 105 cm³/mol. The van der Waals surface area contributed by atoms with Crippen LogP contribution in [-0.4, -0.2) is 61.4 Å². The number of ether oxygens (including phenoxy) is 3. The number of hydrogen-bond donors (Lipinski definition) is 1. The first kappa shape index (κ1) is 20.8. The SMILES string of the molecule is Cc1nc(OCCNC(=O)C(C)Oc2cccc(F)c2)cc(N2CCOCC2)n1. The highest BCUT2D eigenvalue weighted by Gasteiger charge is 2.16. The molecule has 1 aromatic carbocycles. The van der Waals surface area contributed by atoms with Crippen molar-refractivity contribution in [2.24, 2.45) is 0 Å². The molecule has 2 heterocycles. The molecule has 1 fully saturated rings. The van der Waals surface area contributed by atoms with Crippen LogP contribution in [0, 0.1) is 12.7 Å². The van der Waals surface area contributed by atoms with Crippen LogP contribution in [0.25, 0.3) is 0 Å². The molecule has 2 aromatic rings. The lowest BCUT2D eigenvalue weighted by Crippen LogP contribution is -2.38. The molecule has 1 amide bonds. The number of halogens is 1. The van der Waals surface area contributed by atoms with Gasteiger partial charge in [-0.25, -0.2) is 9.37 Å². The Labute approximate surface area is 169 Å². The standard InChI is InChI=1S/C20H25FN4O4/c1-14(29-17-5-3-4-16(21)12-17)20(26)22-6-9-28-19-13-18(23-15(2)24-19)25-7-10-27-11-8-25/h3-5,12-14H,6-11H2,1-2H3,(H,22,26). The molecule has 29 heavy (non-hydrogen) atoms. The van der Waals surface area contributed by atoms with E-state index in [0.717, 1.165) is 18.9 Å². The Hall–Kier alpha value is -2.94. The van der Waals surface area contributed by atoms with Crippen LogP contribution in [0.1, 0.15) is 12.7 Å². The van der Waals surface area contributed by atoms with Crippen molar-refractivity contribution in [1.29, 1.82) is 0 Å². The second-order valence-electron chi connectivity index (χ2n) is 6.57. The number of morpholine rings is 1. The lowest BCUT2D eigenvalue weighted by molar-refractivity contribution is -0.127. The van der Waals surface area contributed by atoms with E-state index in [4.69, 9.17) is 14.2 Å². The van der Waals surface area contributed by atoms with Gasteiger partial charge in [0.15, 0.2) is 6.10 Å². The summed E-state index contributed by atoms with van der Waals surface area (Å²) >= 11 is 0. The number of rotatable bonds is 8. The van der Waals surface area contributed by atoms with Crippen molar-refractivity contribution in [2.75, 3.05) is 44.4 Å². The van der Waals surface area contributed by atoms with E-state index in [0.29, 0.717) is 30.7 Å². The zero-order valence-corrected chi connectivity index (χ0v) is 16.6. The lowest BCUT2D eigenvalue weighted by atomic mass is 10.3. The van der Waals surface area contributed by atoms with Crippen LogP contribution in [0.5, 0.6) is 11.6 Å². The minimum atomic E-state index is -0.758. The van der Waals surface area contributed by atoms with Crippen LogP contribution in [-0.2, 0) is 9.53 Å². The van der Waals surface area contributed by atoms with Gasteiger partial charge >= 0.3 is 0 Å². The van der Waals surface area contributed by atoms with Gasteiger partial charge in [0.1, 0.15) is 29.8 Å². The highest BCUT2D eigenvalue weighted by Crippen LogP contribution is 2.18. The minimum absolute atomic E-state index is 0.247. The third-order valence-electron chi connectivity index (χ3n) is 4.27. The Morgan fingerprint density at radius 1 is 1.31 bits per heavy atom. The van der Waals surface area contributed by atoms with Crippen LogP contribution < -0.4 is 19.7 Å². The van der Waals surface area contributed by atoms with Gasteiger partial charge in [-0.1, -0.05) is 6.07 Å². The maximum Gasteiger partial charge on any atom is 0.260 e. The average molecular weight is 404 g/mol. The Bertz CT molecular complexity index is 830. The number of anilines is 1. The molecule has 1 aliphatic heterocycles. The summed E-state index contributed by atoms with van der Waals surface area (Å²) < 4.78 is 29.7. The third kappa shape index (κ3) is 6.28. The summed E-state index contributed by atoms with van der Waals surface area (Å²) in [4.78, 5) is 23.0. The van der Waals surface area contributed by atoms with Gasteiger partial charge in [0.2, 0.25) is 5.88 Å². The number of nitrogens with zero attached hydrogens (tertiary/aromatic N) is 3. The minimum Gasteiger partial charge on any atom is -0.481 e. The van der Waals surface area contributed by atoms with Crippen LogP contribution in [0.4, 0.5) is 10.2 Å². The molecule has 0 bridgehead atoms. The van der Waals surface area contributed by atoms with Crippen LogP contribution in [0.3, 0.4) is 0 Å². The highest BCUT2D eigenvalue weighted by molar-refractivity contribution is 5.80. The number of aromatic nitrogens is 2. The molecular formula is C20H25FN4O4. The number of carbonyl (C=O) groups is 1. The third-order valence-corrected chi connectivity index (χ3v) is 4.27. The summed E-state index contributed by atoms with van der Waals surface area (Å²) in [5.41, 5.74) is 0. The summed E-state index contributed by atoms with van der Waals surface area (Å²) in [6.07, 6.45) is -0.758. The van der Waals surface area contributed by atoms with E-state index in [1.54, 1.807) is 19.1 Å². The topological polar surface area (TPSA) is 85.8 Å². The summed E-state index contributed by atoms with van der Waals surface area (Å²) in [6, 6.07) is 7.46. The van der Waals surface area contributed by atoms with Crippen molar-refractivity contribution < 1.29 is 23.4 Å². The molecule has 1 aromatic heterocycles. The molecule has 0 aliphatic carbocycles. The van der Waals surface area contributed by atoms with Gasteiger partial charge < -0.3 is 24.4 Å². The van der Waals surface area contributed by atoms with Crippen LogP contribution >= 0.6 is 0 Å². The molecule has 3 rings (SSSR count). The summed E-state index contributed by atoms with van der Waals surface area (Å²) in [5, 5.41) is 2.73. The van der Waals surface area contributed by atoms with E-state index in [1.165, 1.54) is 18.2 Å². The summed E-state index contributed by atoms with van der Waals surface area (Å²) in [5.74, 6) is 1.45. The number of nitrogens with one attached hydrogen (secondary N) is 1. The zero-order chi connectivity index (χ0) is 20.6. The Morgan fingerprint density at radius 2 is 2.10 bits per heavy atom. The molecule has 1 atom stereocenters. The van der Waals surface area contributed by atoms with Gasteiger partial charge in [0.25, 0.3) is 5.91 Å². The van der Waals surface area contributed by atoms with Crippen molar-refractivity contribution >= 4 is 11.7 Å². The maximum absolute atomic E-state index is 13.2. The largest absolute Gasteiger partial charge is 0.481 e. The van der Waals surface area contributed by atoms with Crippen molar-refractivity contribution in [2.45, 2.75) is 20.0 Å². The number of hydrogen-bond acceptors (Lipinski definition) is 7. The van der Waals surface area contributed by atoms with Crippen molar-refractivity contribution in [3.8, 4) is 11.6 Å². The fraction of sp³-hybridized carbons (Fsp3) is 0.450. The van der Waals surface area contributed by atoms with Gasteiger partial charge in [0, 0.05) is 25.2 Å². The van der Waals surface area contributed by atoms with E-state index in [2.05, 4.69) is 20.2 Å². The van der Waals surface area contributed by atoms with Gasteiger partial charge in [-0.15, -0.1) is 0 Å². The van der Waals surface area contributed by atoms with Crippen molar-refractivity contribution in [1.82, 2.24) is 15.3 Å². The van der Waals surface area contributed by atoms with Gasteiger partial charge in [0.05, 0.1) is 19.8 Å². The van der Waals surface area contributed by atoms with E-state index >= 15 is 0 Å². The molecule has 1 N–H and O–H groups in total. The van der Waals surface area contributed by atoms with E-state index in [-0.39, 0.29) is 19.1 Å². The first-order valence-electron chi connectivity index (χ1n) is 9.52. The highest BCUT2D eigenvalue weighted by atomic mass is 19.1. The molecule has 0 saturated carbocycles. The first-order valence-corrected chi connectivity index (χ1v) is 9.52. The fourth-order valence-electron chi connectivity index (χ4n) is 2.83. The molecule has 0 radical (unpaired) electrons. The van der Waals surface area contributed by atoms with E-state index in [1.807, 2.05) is 6.92 Å². The normalized spacial score (nSPS) is 14.9. The molecule has 0 spiro atoms. The Balaban J connectivity index is 1.44. The van der Waals surface area contributed by atoms with Gasteiger partial charge in [-0.3, -0.25) is 4.79 Å². The smallest absolute Gasteiger partial charge is 0.260 e. The molecule has 1 saturated heterocycles. The summed E-state index contributed by atoms with van der Waals surface area (Å²) in [7, 11) is 0. The van der Waals surface area contributed by atoms with Crippen LogP contribution in [0.15, 0.2) is 30.3 Å². The second-order valence-corrected chi connectivity index (χ2v) is 6.57. The van der Waals surface area contributed by atoms with Crippen LogP contribution in [0.2, 0.25) is 0 Å². The zero-order valence-electron chi connectivity index (χ0n) is 16.6. The predicted octanol–water partition coefficient (Wildman–Crippen LogP) is 1.72. The molecule has 1 unspecified atom stereocenters. The monoisotopic (exact) mass is 404 g/mol. The van der Waals surface area contributed by atoms with E-state index in [9.17, 15) is 9.18 Å². The fourth-order valence-corrected chi connectivity index (χ4v) is 2.83. The maximum atomic E-state index is 13.2. The number of aryl methyl sites for hydroxylation is 1. The molecule has 156 valence electrons. The lowest BCUT2D eigenvalue weighted by Gasteiger charge is -2.28. The quantitative estimate of drug-likeness (QED) is 0.671. The van der Waals surface area contributed by atoms with Gasteiger partial charge in [-0.2, -0.15) is 4.98 Å². The Morgan fingerprint density at radius 3 is 2.86 bits per heavy atom. The second kappa shape index (κ2) is 10.0. The molecular weight excluding hydrogens is 379 g/mol. The molecule has 8 nitrogen and oxygen atoms in total. The molecule has 1 aliphatic rings. The van der Waals surface area contributed by atoms with Crippen molar-refractivity contribution in [3.63, 3.8) is 0 Å². The van der Waals surface area contributed by atoms with Crippen molar-refractivity contribution in [3.05, 3.63) is 42.0 Å². The number of carbonyl (C=O) groups excluding carboxylic acids is 1. The van der Waals surface area contributed by atoms with Gasteiger partial charge in [-0.05, 0) is 26.0 Å². The van der Waals surface area contributed by atoms with E-state index < -0.39 is 11.9 Å². The summed E-state index contributed by atoms with van der Waals surface area (Å²) in [6.45, 7) is 6.82.